The summed E-state index contributed by atoms with van der Waals surface area (Å²) in [7, 11) is 0. The third kappa shape index (κ3) is 2.48. The van der Waals surface area contributed by atoms with Crippen LogP contribution >= 0.6 is 0 Å². The summed E-state index contributed by atoms with van der Waals surface area (Å²) in [6.45, 7) is 1.87. The highest BCUT2D eigenvalue weighted by atomic mass is 19.4. The normalized spacial score (nSPS) is 26.7. The smallest absolute Gasteiger partial charge is 0.431 e. The second-order valence-corrected chi connectivity index (χ2v) is 5.47. The average Bonchev–Trinajstić information content (AvgIpc) is 2.90. The van der Waals surface area contributed by atoms with Gasteiger partial charge < -0.3 is 10.5 Å². The molecule has 0 spiro atoms. The van der Waals surface area contributed by atoms with Gasteiger partial charge in [-0.05, 0) is 12.5 Å². The van der Waals surface area contributed by atoms with E-state index in [4.69, 9.17) is 10.5 Å². The van der Waals surface area contributed by atoms with Crippen LogP contribution in [0.25, 0.3) is 0 Å². The van der Waals surface area contributed by atoms with Crippen LogP contribution in [0.1, 0.15) is 17.0 Å². The van der Waals surface area contributed by atoms with Gasteiger partial charge in [-0.15, -0.1) is 0 Å². The van der Waals surface area contributed by atoms with Gasteiger partial charge in [0.05, 0.1) is 11.5 Å². The zero-order valence-corrected chi connectivity index (χ0v) is 12.1. The van der Waals surface area contributed by atoms with Gasteiger partial charge in [0.2, 0.25) is 5.88 Å². The van der Waals surface area contributed by atoms with Crippen molar-refractivity contribution in [1.82, 2.24) is 5.43 Å². The fourth-order valence-electron chi connectivity index (χ4n) is 2.92. The maximum Gasteiger partial charge on any atom is 0.431 e. The minimum atomic E-state index is -4.62. The molecule has 0 unspecified atom stereocenters. The molecule has 8 heteroatoms. The van der Waals surface area contributed by atoms with Gasteiger partial charge >= 0.3 is 6.18 Å². The van der Waals surface area contributed by atoms with Crippen molar-refractivity contribution in [3.63, 3.8) is 0 Å². The first-order valence-electron chi connectivity index (χ1n) is 6.86. The van der Waals surface area contributed by atoms with E-state index in [0.29, 0.717) is 5.56 Å². The number of alkyl halides is 3. The second-order valence-electron chi connectivity index (χ2n) is 5.47. The number of halogens is 3. The van der Waals surface area contributed by atoms with Gasteiger partial charge in [-0.1, -0.05) is 29.8 Å². The molecular weight excluding hydrogens is 309 g/mol. The zero-order valence-electron chi connectivity index (χ0n) is 12.1. The Kier molecular flexibility index (Phi) is 3.43. The van der Waals surface area contributed by atoms with Gasteiger partial charge in [0.15, 0.2) is 11.9 Å². The Morgan fingerprint density at radius 2 is 1.96 bits per heavy atom. The molecule has 0 saturated heterocycles. The molecule has 1 aromatic carbocycles. The Labute approximate surface area is 130 Å². The highest BCUT2D eigenvalue weighted by Crippen LogP contribution is 2.44. The first-order valence-corrected chi connectivity index (χ1v) is 6.86. The van der Waals surface area contributed by atoms with Crippen LogP contribution in [0.5, 0.6) is 0 Å². The Balaban J connectivity index is 2.13. The molecule has 0 fully saturated rings. The number of nitrogens with one attached hydrogen (secondary N) is 1. The highest BCUT2D eigenvalue weighted by molar-refractivity contribution is 5.94. The van der Waals surface area contributed by atoms with E-state index in [0.717, 1.165) is 5.56 Å². The lowest BCUT2D eigenvalue weighted by atomic mass is 9.76. The maximum atomic E-state index is 13.3. The summed E-state index contributed by atoms with van der Waals surface area (Å²) in [5.41, 5.74) is 8.56. The zero-order chi connectivity index (χ0) is 16.8. The molecular formula is C15H13F3N4O. The SMILES string of the molecule is Cc1ccc([C@@H]2C(C#N)=C(N)O[C@@H]3NN=C(C(F)(F)F)[C@@H]32)cc1. The highest BCUT2D eigenvalue weighted by Gasteiger charge is 2.55. The predicted octanol–water partition coefficient (Wildman–Crippen LogP) is 2.27. The third-order valence-electron chi connectivity index (χ3n) is 3.99. The summed E-state index contributed by atoms with van der Waals surface area (Å²) >= 11 is 0. The van der Waals surface area contributed by atoms with Crippen molar-refractivity contribution in [2.45, 2.75) is 25.2 Å². The summed E-state index contributed by atoms with van der Waals surface area (Å²) in [6.07, 6.45) is -5.67. The number of fused-ring (bicyclic) bond motifs is 1. The molecule has 0 radical (unpaired) electrons. The van der Waals surface area contributed by atoms with E-state index in [2.05, 4.69) is 10.5 Å². The molecule has 2 aliphatic heterocycles. The number of nitrogens with zero attached hydrogens (tertiary/aromatic N) is 2. The number of nitriles is 1. The van der Waals surface area contributed by atoms with Crippen molar-refractivity contribution < 1.29 is 17.9 Å². The van der Waals surface area contributed by atoms with Gasteiger partial charge in [0.1, 0.15) is 6.07 Å². The van der Waals surface area contributed by atoms with Crippen molar-refractivity contribution in [3.8, 4) is 6.07 Å². The van der Waals surface area contributed by atoms with Crippen molar-refractivity contribution in [2.75, 3.05) is 0 Å². The van der Waals surface area contributed by atoms with E-state index in [-0.39, 0.29) is 11.5 Å². The number of hydrogen-bond donors (Lipinski definition) is 2. The first-order chi connectivity index (χ1) is 10.8. The van der Waals surface area contributed by atoms with Gasteiger partial charge in [0.25, 0.3) is 0 Å². The molecule has 2 aliphatic rings. The minimum Gasteiger partial charge on any atom is -0.453 e. The van der Waals surface area contributed by atoms with Crippen LogP contribution in [0.4, 0.5) is 13.2 Å². The molecule has 0 aliphatic carbocycles. The molecule has 23 heavy (non-hydrogen) atoms. The summed E-state index contributed by atoms with van der Waals surface area (Å²) in [5.74, 6) is -2.21. The summed E-state index contributed by atoms with van der Waals surface area (Å²) in [5, 5.41) is 12.7. The standard InChI is InChI=1S/C15H13F3N4O/c1-7-2-4-8(5-3-7)10-9(6-19)13(20)23-14-11(10)12(21-22-14)15(16,17)18/h2-5,10-11,14,22H,20H2,1H3/t10-,11+,14+/m1/s1. The van der Waals surface area contributed by atoms with Gasteiger partial charge in [0, 0.05) is 5.92 Å². The topological polar surface area (TPSA) is 83.4 Å². The van der Waals surface area contributed by atoms with Crippen LogP contribution in [0.15, 0.2) is 40.8 Å². The predicted molar refractivity (Wildman–Crippen MR) is 75.7 cm³/mol. The molecule has 2 heterocycles. The van der Waals surface area contributed by atoms with E-state index in [1.165, 1.54) is 0 Å². The van der Waals surface area contributed by atoms with Crippen LogP contribution in [-0.4, -0.2) is 18.1 Å². The van der Waals surface area contributed by atoms with E-state index in [1.54, 1.807) is 24.3 Å². The number of hydrogen-bond acceptors (Lipinski definition) is 5. The van der Waals surface area contributed by atoms with Crippen LogP contribution < -0.4 is 11.2 Å². The number of rotatable bonds is 1. The quantitative estimate of drug-likeness (QED) is 0.831. The Bertz CT molecular complexity index is 731. The van der Waals surface area contributed by atoms with Gasteiger partial charge in [-0.25, -0.2) is 0 Å². The molecule has 120 valence electrons. The van der Waals surface area contributed by atoms with E-state index >= 15 is 0 Å². The Hall–Kier alpha value is -2.69. The van der Waals surface area contributed by atoms with Crippen molar-refractivity contribution in [3.05, 3.63) is 46.8 Å². The number of ether oxygens (including phenoxy) is 1. The van der Waals surface area contributed by atoms with Crippen molar-refractivity contribution >= 4 is 5.71 Å². The van der Waals surface area contributed by atoms with Gasteiger partial charge in [-0.3, -0.25) is 5.43 Å². The summed E-state index contributed by atoms with van der Waals surface area (Å²) in [4.78, 5) is 0. The number of aryl methyl sites for hydroxylation is 1. The van der Waals surface area contributed by atoms with Crippen LogP contribution in [0.2, 0.25) is 0 Å². The monoisotopic (exact) mass is 322 g/mol. The second kappa shape index (κ2) is 5.19. The molecule has 0 aromatic heterocycles. The first kappa shape index (κ1) is 15.2. The van der Waals surface area contributed by atoms with E-state index < -0.39 is 30.0 Å². The van der Waals surface area contributed by atoms with Crippen molar-refractivity contribution in [2.24, 2.45) is 16.8 Å². The lowest BCUT2D eigenvalue weighted by molar-refractivity contribution is -0.0661. The molecule has 3 rings (SSSR count). The van der Waals surface area contributed by atoms with Gasteiger partial charge in [-0.2, -0.15) is 23.5 Å². The Morgan fingerprint density at radius 1 is 1.30 bits per heavy atom. The Morgan fingerprint density at radius 3 is 2.52 bits per heavy atom. The molecule has 0 bridgehead atoms. The summed E-state index contributed by atoms with van der Waals surface area (Å²) in [6, 6.07) is 8.82. The van der Waals surface area contributed by atoms with Crippen LogP contribution in [0, 0.1) is 24.2 Å². The number of hydrazone groups is 1. The number of allylic oxidation sites excluding steroid dienone is 1. The molecule has 0 amide bonds. The fourth-order valence-corrected chi connectivity index (χ4v) is 2.92. The van der Waals surface area contributed by atoms with Crippen LogP contribution in [0.3, 0.4) is 0 Å². The number of nitrogens with two attached hydrogens (primary N) is 1. The lowest BCUT2D eigenvalue weighted by Crippen LogP contribution is -2.45. The average molecular weight is 322 g/mol. The largest absolute Gasteiger partial charge is 0.453 e. The third-order valence-corrected chi connectivity index (χ3v) is 3.99. The molecule has 1 aromatic rings. The molecule has 0 saturated carbocycles. The maximum absolute atomic E-state index is 13.3. The summed E-state index contributed by atoms with van der Waals surface area (Å²) < 4.78 is 45.0. The van der Waals surface area contributed by atoms with Crippen molar-refractivity contribution in [1.29, 1.82) is 5.26 Å². The van der Waals surface area contributed by atoms with E-state index in [1.807, 2.05) is 13.0 Å². The minimum absolute atomic E-state index is 0.0178. The molecule has 5 nitrogen and oxygen atoms in total. The molecule has 3 atom stereocenters. The molecule has 3 N–H and O–H groups in total. The van der Waals surface area contributed by atoms with Crippen LogP contribution in [-0.2, 0) is 4.74 Å². The fraction of sp³-hybridized carbons (Fsp3) is 0.333. The van der Waals surface area contributed by atoms with E-state index in [9.17, 15) is 18.4 Å². The number of benzene rings is 1. The lowest BCUT2D eigenvalue weighted by Gasteiger charge is -2.34.